The molecule has 4 aromatic rings. The lowest BCUT2D eigenvalue weighted by Crippen LogP contribution is -2.70. The number of aryl methyl sites for hydroxylation is 1. The molecule has 4 bridgehead atoms. The van der Waals surface area contributed by atoms with Gasteiger partial charge >= 0.3 is 12.1 Å². The van der Waals surface area contributed by atoms with Crippen LogP contribution in [0, 0.1) is 30.6 Å². The van der Waals surface area contributed by atoms with Gasteiger partial charge in [-0.05, 0) is 93.7 Å². The molecule has 6 aliphatic rings. The molecule has 3 aromatic heterocycles. The SMILES string of the molecule is Cc1c(OC2CCN(c3ncccn3)CC2)ccc2c(-c3ncc(C(=O)NC4(C(=O)O)C5CC6CC(C5)CC4C6)c(C(F)(F)F)n3)cn(C3CCC(F)(F)CC3)c12. The first-order valence-corrected chi connectivity index (χ1v) is 19.9. The third-order valence-corrected chi connectivity index (χ3v) is 13.5. The van der Waals surface area contributed by atoms with Crippen LogP contribution in [0.2, 0.25) is 0 Å². The monoisotopic (exact) mass is 793 g/mol. The largest absolute Gasteiger partial charge is 0.490 e. The van der Waals surface area contributed by atoms with E-state index < -0.39 is 40.8 Å². The topological polar surface area (TPSA) is 135 Å². The number of anilines is 1. The fourth-order valence-corrected chi connectivity index (χ4v) is 10.9. The summed E-state index contributed by atoms with van der Waals surface area (Å²) in [6, 6.07) is 4.88. The molecule has 1 aliphatic heterocycles. The number of aromatic nitrogens is 5. The molecule has 1 aromatic carbocycles. The van der Waals surface area contributed by atoms with Crippen molar-refractivity contribution in [3.8, 4) is 17.1 Å². The zero-order valence-corrected chi connectivity index (χ0v) is 31.4. The Balaban J connectivity index is 1.05. The number of carbonyl (C=O) groups excluding carboxylic acids is 1. The summed E-state index contributed by atoms with van der Waals surface area (Å²) in [6.45, 7) is 3.21. The Kier molecular flexibility index (Phi) is 9.18. The molecule has 302 valence electrons. The highest BCUT2D eigenvalue weighted by Gasteiger charge is 2.62. The molecular weight excluding hydrogens is 749 g/mol. The summed E-state index contributed by atoms with van der Waals surface area (Å²) in [4.78, 5) is 45.8. The van der Waals surface area contributed by atoms with Crippen molar-refractivity contribution in [1.29, 1.82) is 0 Å². The summed E-state index contributed by atoms with van der Waals surface area (Å²) in [5.74, 6) is -4.30. The van der Waals surface area contributed by atoms with Crippen molar-refractivity contribution < 1.29 is 41.4 Å². The minimum atomic E-state index is -5.09. The van der Waals surface area contributed by atoms with E-state index in [4.69, 9.17) is 4.74 Å². The Morgan fingerprint density at radius 3 is 2.19 bits per heavy atom. The number of piperidine rings is 1. The summed E-state index contributed by atoms with van der Waals surface area (Å²) in [5.41, 5.74) is -2.43. The second-order valence-electron chi connectivity index (χ2n) is 16.9. The van der Waals surface area contributed by atoms with Gasteiger partial charge in [0, 0.05) is 86.1 Å². The number of aliphatic carboxylic acids is 1. The standard InChI is InChI=1S/C41H44F5N7O4/c1-22-32(57-28-7-13-52(14-8-28)38-47-11-2-12-48-38)4-3-29-31(21-53(33(22)29)27-5-9-39(42,43)10-6-27)35-49-20-30(34(50-35)41(44,45)46)36(54)51-40(37(55)56)25-16-23-15-24(18-25)19-26(40)17-23/h2-4,11-12,20-21,23-28H,5-10,13-19H2,1H3,(H,51,54)(H,55,56). The van der Waals surface area contributed by atoms with Gasteiger partial charge in [0.2, 0.25) is 11.9 Å². The molecule has 16 heteroatoms. The van der Waals surface area contributed by atoms with Crippen LogP contribution in [0.15, 0.2) is 43.0 Å². The van der Waals surface area contributed by atoms with Crippen LogP contribution in [-0.4, -0.2) is 72.1 Å². The number of carboxylic acids is 1. The van der Waals surface area contributed by atoms with Gasteiger partial charge < -0.3 is 24.6 Å². The van der Waals surface area contributed by atoms with Crippen LogP contribution in [0.4, 0.5) is 27.9 Å². The summed E-state index contributed by atoms with van der Waals surface area (Å²) in [7, 11) is 0. The van der Waals surface area contributed by atoms with E-state index in [-0.39, 0.29) is 61.1 Å². The molecule has 5 saturated carbocycles. The second-order valence-corrected chi connectivity index (χ2v) is 16.9. The van der Waals surface area contributed by atoms with Crippen LogP contribution in [0.5, 0.6) is 5.75 Å². The maximum absolute atomic E-state index is 14.9. The summed E-state index contributed by atoms with van der Waals surface area (Å²) in [6.07, 6.45) is 5.13. The normalized spacial score (nSPS) is 27.5. The number of nitrogens with one attached hydrogen (secondary N) is 1. The van der Waals surface area contributed by atoms with Crippen molar-refractivity contribution in [2.45, 2.75) is 107 Å². The molecule has 1 saturated heterocycles. The van der Waals surface area contributed by atoms with Crippen LogP contribution in [0.3, 0.4) is 0 Å². The van der Waals surface area contributed by atoms with Gasteiger partial charge in [-0.2, -0.15) is 13.2 Å². The molecule has 6 fully saturated rings. The van der Waals surface area contributed by atoms with E-state index in [1.54, 1.807) is 36.8 Å². The first kappa shape index (κ1) is 37.7. The van der Waals surface area contributed by atoms with Crippen molar-refractivity contribution in [3.05, 3.63) is 59.8 Å². The van der Waals surface area contributed by atoms with Gasteiger partial charge in [-0.15, -0.1) is 0 Å². The number of alkyl halides is 5. The van der Waals surface area contributed by atoms with Gasteiger partial charge in [-0.1, -0.05) is 0 Å². The Labute approximate surface area is 325 Å². The number of halogens is 5. The molecule has 0 atom stereocenters. The van der Waals surface area contributed by atoms with Crippen molar-refractivity contribution in [1.82, 2.24) is 29.8 Å². The Hall–Kier alpha value is -4.89. The average molecular weight is 794 g/mol. The highest BCUT2D eigenvalue weighted by molar-refractivity contribution is 6.00. The van der Waals surface area contributed by atoms with Crippen LogP contribution >= 0.6 is 0 Å². The molecule has 2 N–H and O–H groups in total. The molecule has 11 nitrogen and oxygen atoms in total. The van der Waals surface area contributed by atoms with E-state index in [1.807, 2.05) is 11.5 Å². The minimum absolute atomic E-state index is 0.132. The predicted octanol–water partition coefficient (Wildman–Crippen LogP) is 8.02. The number of fused-ring (bicyclic) bond motifs is 1. The van der Waals surface area contributed by atoms with E-state index in [2.05, 4.69) is 30.2 Å². The molecule has 57 heavy (non-hydrogen) atoms. The van der Waals surface area contributed by atoms with Gasteiger partial charge in [-0.25, -0.2) is 33.5 Å². The number of carbonyl (C=O) groups is 2. The number of ether oxygens (including phenoxy) is 1. The van der Waals surface area contributed by atoms with Crippen molar-refractivity contribution in [2.24, 2.45) is 23.7 Å². The van der Waals surface area contributed by atoms with Crippen LogP contribution in [0.1, 0.15) is 98.3 Å². The lowest BCUT2D eigenvalue weighted by Gasteiger charge is -2.59. The van der Waals surface area contributed by atoms with E-state index in [0.29, 0.717) is 91.6 Å². The van der Waals surface area contributed by atoms with Crippen LogP contribution in [0.25, 0.3) is 22.3 Å². The zero-order chi connectivity index (χ0) is 39.9. The first-order chi connectivity index (χ1) is 27.2. The number of nitrogens with zero attached hydrogens (tertiary/aromatic N) is 6. The Morgan fingerprint density at radius 1 is 0.930 bits per heavy atom. The van der Waals surface area contributed by atoms with Crippen molar-refractivity contribution in [2.75, 3.05) is 18.0 Å². The zero-order valence-electron chi connectivity index (χ0n) is 31.4. The number of rotatable bonds is 8. The number of hydrogen-bond donors (Lipinski definition) is 2. The molecule has 4 heterocycles. The fraction of sp³-hybridized carbons (Fsp3) is 0.561. The smallest absolute Gasteiger partial charge is 0.434 e. The van der Waals surface area contributed by atoms with Gasteiger partial charge in [0.05, 0.1) is 11.1 Å². The maximum atomic E-state index is 14.9. The van der Waals surface area contributed by atoms with Gasteiger partial charge in [-0.3, -0.25) is 4.79 Å². The molecule has 1 amide bonds. The first-order valence-electron chi connectivity index (χ1n) is 19.9. The third-order valence-electron chi connectivity index (χ3n) is 13.5. The molecule has 0 radical (unpaired) electrons. The highest BCUT2D eigenvalue weighted by atomic mass is 19.4. The molecule has 10 rings (SSSR count). The summed E-state index contributed by atoms with van der Waals surface area (Å²) < 4.78 is 81.7. The predicted molar refractivity (Wildman–Crippen MR) is 198 cm³/mol. The minimum Gasteiger partial charge on any atom is -0.490 e. The van der Waals surface area contributed by atoms with Crippen LogP contribution < -0.4 is 15.0 Å². The average Bonchev–Trinajstić information content (AvgIpc) is 3.57. The van der Waals surface area contributed by atoms with Crippen LogP contribution in [-0.2, 0) is 11.0 Å². The van der Waals surface area contributed by atoms with Gasteiger partial charge in [0.1, 0.15) is 17.4 Å². The molecule has 0 spiro atoms. The third kappa shape index (κ3) is 6.65. The molecule has 5 aliphatic carbocycles. The number of amides is 1. The van der Waals surface area contributed by atoms with Gasteiger partial charge in [0.15, 0.2) is 11.5 Å². The fourth-order valence-electron chi connectivity index (χ4n) is 10.9. The lowest BCUT2D eigenvalue weighted by molar-refractivity contribution is -0.163. The lowest BCUT2D eigenvalue weighted by atomic mass is 9.48. The maximum Gasteiger partial charge on any atom is 0.434 e. The second kappa shape index (κ2) is 13.9. The number of hydrogen-bond acceptors (Lipinski definition) is 8. The number of carboxylic acid groups (broad SMARTS) is 1. The van der Waals surface area contributed by atoms with E-state index in [1.165, 1.54) is 0 Å². The van der Waals surface area contributed by atoms with Gasteiger partial charge in [0.25, 0.3) is 5.91 Å². The quantitative estimate of drug-likeness (QED) is 0.170. The van der Waals surface area contributed by atoms with Crippen molar-refractivity contribution >= 4 is 28.7 Å². The summed E-state index contributed by atoms with van der Waals surface area (Å²) >= 11 is 0. The van der Waals surface area contributed by atoms with E-state index in [0.717, 1.165) is 12.6 Å². The Bertz CT molecular complexity index is 2170. The Morgan fingerprint density at radius 2 is 1.58 bits per heavy atom. The van der Waals surface area contributed by atoms with E-state index >= 15 is 0 Å². The molecule has 0 unspecified atom stereocenters. The number of benzene rings is 1. The molecular formula is C41H44F5N7O4. The highest BCUT2D eigenvalue weighted by Crippen LogP contribution is 2.58. The van der Waals surface area contributed by atoms with Crippen molar-refractivity contribution in [3.63, 3.8) is 0 Å². The van der Waals surface area contributed by atoms with E-state index in [9.17, 15) is 36.6 Å². The summed E-state index contributed by atoms with van der Waals surface area (Å²) in [5, 5.41) is 13.6.